The molecule has 3 fully saturated rings. The number of carbonyl (C=O) groups excluding carboxylic acids is 4. The first-order valence-electron chi connectivity index (χ1n) is 17.2. The summed E-state index contributed by atoms with van der Waals surface area (Å²) in [5.41, 5.74) is 2.09. The van der Waals surface area contributed by atoms with Crippen LogP contribution >= 0.6 is 0 Å². The highest BCUT2D eigenvalue weighted by molar-refractivity contribution is 6.31. The molecule has 48 heavy (non-hydrogen) atoms. The summed E-state index contributed by atoms with van der Waals surface area (Å²) in [6.45, 7) is 0. The van der Waals surface area contributed by atoms with E-state index >= 15 is 4.79 Å². The molecule has 244 valence electrons. The molecule has 7 nitrogen and oxygen atoms in total. The third-order valence-electron chi connectivity index (χ3n) is 11.9. The zero-order chi connectivity index (χ0) is 33.2. The van der Waals surface area contributed by atoms with Crippen LogP contribution in [0.15, 0.2) is 96.6 Å². The summed E-state index contributed by atoms with van der Waals surface area (Å²) in [7, 11) is 1.48. The number of benzene rings is 3. The largest absolute Gasteiger partial charge is 0.504 e. The molecule has 3 aromatic carbocycles. The van der Waals surface area contributed by atoms with Gasteiger partial charge in [0.2, 0.25) is 11.8 Å². The van der Waals surface area contributed by atoms with E-state index in [4.69, 9.17) is 4.74 Å². The van der Waals surface area contributed by atoms with Gasteiger partial charge in [-0.15, -0.1) is 0 Å². The lowest BCUT2D eigenvalue weighted by atomic mass is 9.44. The molecule has 6 atom stereocenters. The SMILES string of the molecule is COc1cc([C@H]2C3=CC[C@@H]4C(=O)N(C5CCCCC5)C(=O)[C@@H]4[C@@H]3C[C@H]3C(=O)C(c4ccccc4)=CC(=O)[C@@]23c2ccccc2)ccc1O. The van der Waals surface area contributed by atoms with E-state index in [1.165, 1.54) is 13.2 Å². The number of phenols is 1. The van der Waals surface area contributed by atoms with Crippen LogP contribution in [0.4, 0.5) is 0 Å². The highest BCUT2D eigenvalue weighted by atomic mass is 16.5. The molecule has 7 heteroatoms. The van der Waals surface area contributed by atoms with Crippen molar-refractivity contribution < 1.29 is 29.0 Å². The van der Waals surface area contributed by atoms with E-state index in [0.717, 1.165) is 43.2 Å². The van der Waals surface area contributed by atoms with Gasteiger partial charge in [0.15, 0.2) is 23.1 Å². The Labute approximate surface area is 280 Å². The number of carbonyl (C=O) groups is 4. The number of ketones is 2. The minimum absolute atomic E-state index is 0.0337. The lowest BCUT2D eigenvalue weighted by Crippen LogP contribution is -2.58. The maximum absolute atomic E-state index is 15.1. The highest BCUT2D eigenvalue weighted by Crippen LogP contribution is 2.64. The number of ether oxygens (including phenoxy) is 1. The number of phenolic OH excluding ortho intramolecular Hbond substituents is 1. The van der Waals surface area contributed by atoms with Gasteiger partial charge in [0.05, 0.1) is 24.4 Å². The van der Waals surface area contributed by atoms with Crippen LogP contribution in [0.25, 0.3) is 5.57 Å². The van der Waals surface area contributed by atoms with Gasteiger partial charge in [-0.1, -0.05) is 97.6 Å². The zero-order valence-corrected chi connectivity index (χ0v) is 27.0. The van der Waals surface area contributed by atoms with Gasteiger partial charge in [-0.2, -0.15) is 0 Å². The maximum atomic E-state index is 15.1. The lowest BCUT2D eigenvalue weighted by molar-refractivity contribution is -0.144. The van der Waals surface area contributed by atoms with Crippen molar-refractivity contribution in [1.82, 2.24) is 4.90 Å². The Bertz CT molecular complexity index is 1870. The van der Waals surface area contributed by atoms with Crippen molar-refractivity contribution in [3.8, 4) is 11.5 Å². The van der Waals surface area contributed by atoms with Crippen LogP contribution in [0, 0.1) is 23.7 Å². The molecule has 1 saturated heterocycles. The second-order valence-electron chi connectivity index (χ2n) is 14.1. The second kappa shape index (κ2) is 11.7. The Morgan fingerprint density at radius 1 is 0.833 bits per heavy atom. The molecule has 3 aromatic rings. The first-order valence-corrected chi connectivity index (χ1v) is 17.2. The van der Waals surface area contributed by atoms with Crippen LogP contribution in [-0.2, 0) is 24.6 Å². The molecule has 1 heterocycles. The van der Waals surface area contributed by atoms with E-state index in [1.54, 1.807) is 23.1 Å². The van der Waals surface area contributed by atoms with Crippen molar-refractivity contribution in [2.75, 3.05) is 7.11 Å². The first kappa shape index (κ1) is 30.5. The van der Waals surface area contributed by atoms with Crippen molar-refractivity contribution in [2.45, 2.75) is 62.3 Å². The van der Waals surface area contributed by atoms with Crippen LogP contribution in [0.2, 0.25) is 0 Å². The van der Waals surface area contributed by atoms with Gasteiger partial charge in [-0.25, -0.2) is 0 Å². The monoisotopic (exact) mass is 641 g/mol. The van der Waals surface area contributed by atoms with Crippen LogP contribution in [0.3, 0.4) is 0 Å². The van der Waals surface area contributed by atoms with Gasteiger partial charge < -0.3 is 9.84 Å². The molecule has 0 radical (unpaired) electrons. The summed E-state index contributed by atoms with van der Waals surface area (Å²) < 4.78 is 5.55. The molecule has 1 aliphatic heterocycles. The Morgan fingerprint density at radius 2 is 1.54 bits per heavy atom. The number of hydrogen-bond acceptors (Lipinski definition) is 6. The molecule has 0 spiro atoms. The Kier molecular flexibility index (Phi) is 7.46. The summed E-state index contributed by atoms with van der Waals surface area (Å²) in [6.07, 6.45) is 9.06. The van der Waals surface area contributed by atoms with E-state index in [9.17, 15) is 19.5 Å². The number of amides is 2. The number of Topliss-reactive ketones (excluding diaryl/α,β-unsaturated/α-hetero) is 1. The van der Waals surface area contributed by atoms with E-state index in [2.05, 4.69) is 6.08 Å². The number of aromatic hydroxyl groups is 1. The number of rotatable bonds is 5. The van der Waals surface area contributed by atoms with Gasteiger partial charge in [-0.3, -0.25) is 24.1 Å². The molecular weight excluding hydrogens is 602 g/mol. The molecule has 8 rings (SSSR count). The summed E-state index contributed by atoms with van der Waals surface area (Å²) in [5.74, 6) is -3.23. The number of methoxy groups -OCH3 is 1. The van der Waals surface area contributed by atoms with Gasteiger partial charge >= 0.3 is 0 Å². The third kappa shape index (κ3) is 4.39. The van der Waals surface area contributed by atoms with Gasteiger partial charge in [0.1, 0.15) is 0 Å². The molecule has 0 aromatic heterocycles. The van der Waals surface area contributed by atoms with Gasteiger partial charge in [-0.05, 0) is 66.5 Å². The second-order valence-corrected chi connectivity index (χ2v) is 14.1. The summed E-state index contributed by atoms with van der Waals surface area (Å²) in [5, 5.41) is 10.6. The average Bonchev–Trinajstić information content (AvgIpc) is 3.39. The molecule has 4 aliphatic carbocycles. The zero-order valence-electron chi connectivity index (χ0n) is 27.0. The fourth-order valence-electron chi connectivity index (χ4n) is 9.85. The highest BCUT2D eigenvalue weighted by Gasteiger charge is 2.66. The predicted molar refractivity (Wildman–Crippen MR) is 180 cm³/mol. The van der Waals surface area contributed by atoms with Crippen LogP contribution in [0.1, 0.15) is 67.6 Å². The van der Waals surface area contributed by atoms with Crippen molar-refractivity contribution in [2.24, 2.45) is 23.7 Å². The number of hydrogen-bond donors (Lipinski definition) is 1. The van der Waals surface area contributed by atoms with Crippen LogP contribution < -0.4 is 4.74 Å². The number of imide groups is 1. The Hall–Kier alpha value is -4.78. The summed E-state index contributed by atoms with van der Waals surface area (Å²) in [6, 6.07) is 23.8. The van der Waals surface area contributed by atoms with E-state index in [0.29, 0.717) is 23.1 Å². The average molecular weight is 642 g/mol. The number of likely N-dealkylation sites (tertiary alicyclic amines) is 1. The fourth-order valence-corrected chi connectivity index (χ4v) is 9.85. The standard InChI is InChI=1S/C41H39NO6/c1-48-34-21-25(17-20-33(34)43)37-28-18-19-29-36(40(47)42(39(29)46)27-15-9-4-10-16-27)31(28)22-32-38(45)30(24-11-5-2-6-12-24)23-35(44)41(32,37)26-13-7-3-8-14-26/h2-3,5-8,11-14,17-18,20-21,23,27,29,31-32,36-37,43H,4,9-10,15-16,19,22H2,1H3/t29-,31+,32-,36-,37-,41-/m0/s1. The van der Waals surface area contributed by atoms with Crippen molar-refractivity contribution in [3.05, 3.63) is 113 Å². The minimum atomic E-state index is -1.32. The van der Waals surface area contributed by atoms with Crippen molar-refractivity contribution in [3.63, 3.8) is 0 Å². The quantitative estimate of drug-likeness (QED) is 0.250. The van der Waals surface area contributed by atoms with Crippen LogP contribution in [0.5, 0.6) is 11.5 Å². The summed E-state index contributed by atoms with van der Waals surface area (Å²) >= 11 is 0. The van der Waals surface area contributed by atoms with E-state index in [-0.39, 0.29) is 47.3 Å². The Balaban J connectivity index is 1.35. The molecule has 5 aliphatic rings. The van der Waals surface area contributed by atoms with Crippen molar-refractivity contribution in [1.29, 1.82) is 0 Å². The van der Waals surface area contributed by atoms with E-state index < -0.39 is 35.0 Å². The smallest absolute Gasteiger partial charge is 0.233 e. The molecular formula is C41H39NO6. The Morgan fingerprint density at radius 3 is 2.25 bits per heavy atom. The minimum Gasteiger partial charge on any atom is -0.504 e. The van der Waals surface area contributed by atoms with Crippen molar-refractivity contribution >= 4 is 29.0 Å². The lowest BCUT2D eigenvalue weighted by Gasteiger charge is -2.55. The fraction of sp³-hybridized carbons (Fsp3) is 0.366. The molecule has 2 amide bonds. The molecule has 0 bridgehead atoms. The predicted octanol–water partition coefficient (Wildman–Crippen LogP) is 6.56. The van der Waals surface area contributed by atoms with E-state index in [1.807, 2.05) is 60.7 Å². The summed E-state index contributed by atoms with van der Waals surface area (Å²) in [4.78, 5) is 60.2. The van der Waals surface area contributed by atoms with Gasteiger partial charge in [0.25, 0.3) is 0 Å². The topological polar surface area (TPSA) is 101 Å². The number of allylic oxidation sites excluding steroid dienone is 4. The molecule has 2 saturated carbocycles. The first-order chi connectivity index (χ1) is 23.4. The number of fused-ring (bicyclic) bond motifs is 4. The molecule has 0 unspecified atom stereocenters. The molecule has 1 N–H and O–H groups in total. The van der Waals surface area contributed by atoms with Crippen LogP contribution in [-0.4, -0.2) is 46.5 Å². The maximum Gasteiger partial charge on any atom is 0.233 e. The normalized spacial score (nSPS) is 30.3. The third-order valence-corrected chi connectivity index (χ3v) is 11.9. The number of nitrogens with zero attached hydrogens (tertiary/aromatic N) is 1. The van der Waals surface area contributed by atoms with Gasteiger partial charge in [0, 0.05) is 23.5 Å².